The summed E-state index contributed by atoms with van der Waals surface area (Å²) in [6, 6.07) is 3.81. The van der Waals surface area contributed by atoms with Crippen LogP contribution in [0.3, 0.4) is 0 Å². The van der Waals surface area contributed by atoms with E-state index in [1.165, 1.54) is 47.8 Å². The second kappa shape index (κ2) is 6.66. The molecule has 0 saturated heterocycles. The van der Waals surface area contributed by atoms with Crippen LogP contribution in [0, 0.1) is 14.7 Å². The van der Waals surface area contributed by atoms with Crippen LogP contribution < -0.4 is 5.32 Å². The predicted octanol–water partition coefficient (Wildman–Crippen LogP) is 5.53. The molecule has 0 bridgehead atoms. The van der Waals surface area contributed by atoms with Crippen molar-refractivity contribution in [1.29, 1.82) is 0 Å². The van der Waals surface area contributed by atoms with Gasteiger partial charge in [0.15, 0.2) is 0 Å². The first-order valence-electron chi connectivity index (χ1n) is 8.19. The van der Waals surface area contributed by atoms with E-state index in [1.807, 2.05) is 11.3 Å². The van der Waals surface area contributed by atoms with Crippen LogP contribution in [0.15, 0.2) is 6.07 Å². The normalized spacial score (nSPS) is 30.5. The summed E-state index contributed by atoms with van der Waals surface area (Å²) in [7, 11) is 0. The molecule has 1 heterocycles. The fraction of sp³-hybridized carbons (Fsp3) is 0.765. The standard InChI is InChI=1S/C17H26INS/c1-11(2)12-6-3-4-7-14(12)19-15-8-5-9-16-13(15)10-17(18)20-16/h10-12,14-15,19H,3-9H2,1-2H3. The molecular formula is C17H26INS. The number of hydrogen-bond donors (Lipinski definition) is 1. The third-order valence-corrected chi connectivity index (χ3v) is 7.15. The Balaban J connectivity index is 1.74. The number of fused-ring (bicyclic) bond motifs is 1. The molecule has 1 aromatic heterocycles. The largest absolute Gasteiger partial charge is 0.307 e. The van der Waals surface area contributed by atoms with Crippen LogP contribution in [0.1, 0.15) is 68.9 Å². The molecule has 20 heavy (non-hydrogen) atoms. The van der Waals surface area contributed by atoms with Gasteiger partial charge < -0.3 is 5.32 Å². The highest BCUT2D eigenvalue weighted by Gasteiger charge is 2.31. The molecule has 0 radical (unpaired) electrons. The molecule has 0 aliphatic heterocycles. The van der Waals surface area contributed by atoms with Gasteiger partial charge >= 0.3 is 0 Å². The lowest BCUT2D eigenvalue weighted by Crippen LogP contribution is -2.43. The second-order valence-corrected chi connectivity index (χ2v) is 9.87. The van der Waals surface area contributed by atoms with Gasteiger partial charge in [-0.15, -0.1) is 11.3 Å². The number of aryl methyl sites for hydroxylation is 1. The number of halogens is 1. The van der Waals surface area contributed by atoms with E-state index < -0.39 is 0 Å². The summed E-state index contributed by atoms with van der Waals surface area (Å²) in [5.74, 6) is 1.70. The van der Waals surface area contributed by atoms with Crippen LogP contribution in [0.4, 0.5) is 0 Å². The molecule has 0 amide bonds. The van der Waals surface area contributed by atoms with Gasteiger partial charge in [0.1, 0.15) is 0 Å². The van der Waals surface area contributed by atoms with E-state index in [-0.39, 0.29) is 0 Å². The van der Waals surface area contributed by atoms with Crippen molar-refractivity contribution in [3.8, 4) is 0 Å². The first kappa shape index (κ1) is 15.3. The minimum atomic E-state index is 0.628. The molecule has 3 unspecified atom stereocenters. The molecule has 1 nitrogen and oxygen atoms in total. The van der Waals surface area contributed by atoms with Gasteiger partial charge in [-0.1, -0.05) is 26.7 Å². The van der Waals surface area contributed by atoms with Crippen LogP contribution >= 0.6 is 33.9 Å². The molecule has 2 aliphatic rings. The summed E-state index contributed by atoms with van der Waals surface area (Å²) in [5, 5.41) is 4.06. The van der Waals surface area contributed by atoms with E-state index >= 15 is 0 Å². The van der Waals surface area contributed by atoms with Gasteiger partial charge in [0.2, 0.25) is 0 Å². The molecule has 1 saturated carbocycles. The van der Waals surface area contributed by atoms with E-state index in [9.17, 15) is 0 Å². The van der Waals surface area contributed by atoms with E-state index in [1.54, 1.807) is 10.4 Å². The lowest BCUT2D eigenvalue weighted by atomic mass is 9.77. The zero-order valence-corrected chi connectivity index (χ0v) is 15.6. The van der Waals surface area contributed by atoms with Crippen molar-refractivity contribution in [2.45, 2.75) is 70.9 Å². The summed E-state index contributed by atoms with van der Waals surface area (Å²) >= 11 is 4.50. The summed E-state index contributed by atoms with van der Waals surface area (Å²) < 4.78 is 1.46. The van der Waals surface area contributed by atoms with Crippen molar-refractivity contribution in [2.24, 2.45) is 11.8 Å². The highest BCUT2D eigenvalue weighted by atomic mass is 127. The van der Waals surface area contributed by atoms with Crippen molar-refractivity contribution in [3.05, 3.63) is 19.4 Å². The number of thiophene rings is 1. The molecule has 0 aromatic carbocycles. The first-order valence-corrected chi connectivity index (χ1v) is 10.1. The van der Waals surface area contributed by atoms with Gasteiger partial charge in [0.25, 0.3) is 0 Å². The summed E-state index contributed by atoms with van der Waals surface area (Å²) in [4.78, 5) is 1.65. The number of rotatable bonds is 3. The predicted molar refractivity (Wildman–Crippen MR) is 96.4 cm³/mol. The van der Waals surface area contributed by atoms with E-state index in [0.29, 0.717) is 6.04 Å². The Morgan fingerprint density at radius 1 is 1.20 bits per heavy atom. The van der Waals surface area contributed by atoms with Gasteiger partial charge in [-0.2, -0.15) is 0 Å². The van der Waals surface area contributed by atoms with Crippen LogP contribution in [-0.4, -0.2) is 6.04 Å². The van der Waals surface area contributed by atoms with E-state index in [0.717, 1.165) is 17.9 Å². The molecule has 3 atom stereocenters. The van der Waals surface area contributed by atoms with E-state index in [4.69, 9.17) is 0 Å². The minimum absolute atomic E-state index is 0.628. The maximum absolute atomic E-state index is 4.06. The third kappa shape index (κ3) is 3.25. The van der Waals surface area contributed by atoms with E-state index in [2.05, 4.69) is 47.8 Å². The minimum Gasteiger partial charge on any atom is -0.307 e. The van der Waals surface area contributed by atoms with Gasteiger partial charge in [0, 0.05) is 17.0 Å². The van der Waals surface area contributed by atoms with Gasteiger partial charge in [-0.05, 0) is 78.2 Å². The van der Waals surface area contributed by atoms with Crippen molar-refractivity contribution in [1.82, 2.24) is 5.32 Å². The maximum Gasteiger partial charge on any atom is 0.0659 e. The fourth-order valence-electron chi connectivity index (χ4n) is 4.12. The lowest BCUT2D eigenvalue weighted by molar-refractivity contribution is 0.187. The molecule has 1 N–H and O–H groups in total. The average Bonchev–Trinajstić information content (AvgIpc) is 2.80. The zero-order chi connectivity index (χ0) is 14.1. The van der Waals surface area contributed by atoms with Crippen LogP contribution in [0.5, 0.6) is 0 Å². The first-order chi connectivity index (χ1) is 9.65. The molecular weight excluding hydrogens is 377 g/mol. The molecule has 0 spiro atoms. The van der Waals surface area contributed by atoms with Gasteiger partial charge in [-0.3, -0.25) is 0 Å². The Bertz CT molecular complexity index is 454. The summed E-state index contributed by atoms with van der Waals surface area (Å²) in [6.45, 7) is 4.81. The van der Waals surface area contributed by atoms with Crippen molar-refractivity contribution in [2.75, 3.05) is 0 Å². The average molecular weight is 403 g/mol. The smallest absolute Gasteiger partial charge is 0.0659 e. The number of hydrogen-bond acceptors (Lipinski definition) is 2. The van der Waals surface area contributed by atoms with Crippen molar-refractivity contribution < 1.29 is 0 Å². The topological polar surface area (TPSA) is 12.0 Å². The van der Waals surface area contributed by atoms with Crippen LogP contribution in [0.2, 0.25) is 0 Å². The summed E-state index contributed by atoms with van der Waals surface area (Å²) in [5.41, 5.74) is 1.62. The third-order valence-electron chi connectivity index (χ3n) is 5.17. The van der Waals surface area contributed by atoms with Crippen molar-refractivity contribution >= 4 is 33.9 Å². The van der Waals surface area contributed by atoms with Gasteiger partial charge in [0.05, 0.1) is 2.88 Å². The summed E-state index contributed by atoms with van der Waals surface area (Å²) in [6.07, 6.45) is 9.67. The molecule has 1 aromatic rings. The molecule has 112 valence electrons. The molecule has 2 aliphatic carbocycles. The SMILES string of the molecule is CC(C)C1CCCCC1NC1CCCc2sc(I)cc21. The molecule has 1 fully saturated rings. The fourth-order valence-corrected chi connectivity index (χ4v) is 6.24. The van der Waals surface area contributed by atoms with Crippen LogP contribution in [0.25, 0.3) is 0 Å². The quantitative estimate of drug-likeness (QED) is 0.654. The number of nitrogens with one attached hydrogen (secondary N) is 1. The highest BCUT2D eigenvalue weighted by molar-refractivity contribution is 14.1. The second-order valence-electron chi connectivity index (χ2n) is 6.84. The van der Waals surface area contributed by atoms with Gasteiger partial charge in [-0.25, -0.2) is 0 Å². The molecule has 3 rings (SSSR count). The van der Waals surface area contributed by atoms with Crippen LogP contribution in [-0.2, 0) is 6.42 Å². The monoisotopic (exact) mass is 403 g/mol. The lowest BCUT2D eigenvalue weighted by Gasteiger charge is -2.38. The Morgan fingerprint density at radius 3 is 2.80 bits per heavy atom. The Labute approximate surface area is 141 Å². The Morgan fingerprint density at radius 2 is 2.00 bits per heavy atom. The maximum atomic E-state index is 4.06. The Hall–Kier alpha value is 0.390. The Kier molecular flexibility index (Phi) is 5.09. The van der Waals surface area contributed by atoms with Crippen molar-refractivity contribution in [3.63, 3.8) is 0 Å². The highest BCUT2D eigenvalue weighted by Crippen LogP contribution is 2.38. The zero-order valence-electron chi connectivity index (χ0n) is 12.6. The molecule has 3 heteroatoms.